The zero-order valence-corrected chi connectivity index (χ0v) is 16.2. The van der Waals surface area contributed by atoms with Gasteiger partial charge in [0.2, 0.25) is 11.5 Å². The molecule has 0 unspecified atom stereocenters. The number of ether oxygens (including phenoxy) is 5. The van der Waals surface area contributed by atoms with Crippen LogP contribution in [0.2, 0.25) is 0 Å². The summed E-state index contributed by atoms with van der Waals surface area (Å²) in [7, 11) is 4.37. The van der Waals surface area contributed by atoms with E-state index in [4.69, 9.17) is 23.7 Å². The maximum Gasteiger partial charge on any atom is 0.349 e. The van der Waals surface area contributed by atoms with Crippen molar-refractivity contribution >= 4 is 11.8 Å². The van der Waals surface area contributed by atoms with Crippen molar-refractivity contribution in [3.8, 4) is 17.2 Å². The number of hydrogen-bond acceptors (Lipinski definition) is 7. The molecule has 2 aromatic carbocycles. The van der Waals surface area contributed by atoms with Crippen molar-refractivity contribution in [1.29, 1.82) is 0 Å². The molecule has 0 spiro atoms. The Hall–Kier alpha value is -3.06. The van der Waals surface area contributed by atoms with Crippen molar-refractivity contribution in [2.75, 3.05) is 27.9 Å². The van der Waals surface area contributed by atoms with Crippen LogP contribution in [0.15, 0.2) is 42.5 Å². The largest absolute Gasteiger partial charge is 0.493 e. The van der Waals surface area contributed by atoms with Crippen LogP contribution in [0.1, 0.15) is 28.9 Å². The molecule has 0 saturated carbocycles. The second-order valence-electron chi connectivity index (χ2n) is 6.11. The van der Waals surface area contributed by atoms with Crippen molar-refractivity contribution in [2.45, 2.75) is 18.6 Å². The van der Waals surface area contributed by atoms with Crippen LogP contribution < -0.4 is 14.2 Å². The molecular formula is C21H22O7. The molecule has 1 aliphatic rings. The lowest BCUT2D eigenvalue weighted by Gasteiger charge is -2.16. The Bertz CT molecular complexity index is 853. The van der Waals surface area contributed by atoms with Gasteiger partial charge >= 0.3 is 5.97 Å². The van der Waals surface area contributed by atoms with E-state index in [1.807, 2.05) is 18.2 Å². The third-order valence-electron chi connectivity index (χ3n) is 4.56. The van der Waals surface area contributed by atoms with E-state index in [0.29, 0.717) is 17.2 Å². The van der Waals surface area contributed by atoms with Crippen molar-refractivity contribution in [3.05, 3.63) is 53.6 Å². The summed E-state index contributed by atoms with van der Waals surface area (Å²) < 4.78 is 26.7. The van der Waals surface area contributed by atoms with E-state index in [1.54, 1.807) is 19.1 Å². The highest BCUT2D eigenvalue weighted by molar-refractivity contribution is 6.18. The zero-order chi connectivity index (χ0) is 20.3. The number of carbonyl (C=O) groups excluding carboxylic acids is 2. The van der Waals surface area contributed by atoms with E-state index < -0.39 is 23.5 Å². The molecule has 7 heteroatoms. The number of ketones is 1. The summed E-state index contributed by atoms with van der Waals surface area (Å²) in [6, 6.07) is 12.1. The molecular weight excluding hydrogens is 364 g/mol. The molecule has 0 amide bonds. The number of Topliss-reactive ketones (excluding diaryl/α,β-unsaturated/α-hetero) is 1. The first-order valence-electron chi connectivity index (χ1n) is 8.78. The van der Waals surface area contributed by atoms with E-state index in [-0.39, 0.29) is 12.2 Å². The zero-order valence-electron chi connectivity index (χ0n) is 16.2. The van der Waals surface area contributed by atoms with E-state index in [2.05, 4.69) is 0 Å². The molecule has 1 aliphatic heterocycles. The lowest BCUT2D eigenvalue weighted by molar-refractivity contribution is -0.147. The lowest BCUT2D eigenvalue weighted by atomic mass is 9.90. The van der Waals surface area contributed by atoms with Crippen LogP contribution in [-0.4, -0.2) is 45.3 Å². The van der Waals surface area contributed by atoms with Crippen molar-refractivity contribution in [1.82, 2.24) is 0 Å². The molecule has 148 valence electrons. The normalized spacial score (nSPS) is 20.2. The second-order valence-corrected chi connectivity index (χ2v) is 6.11. The Balaban J connectivity index is 2.05. The molecule has 0 N–H and O–H groups in total. The van der Waals surface area contributed by atoms with Gasteiger partial charge in [-0.05, 0) is 24.6 Å². The summed E-state index contributed by atoms with van der Waals surface area (Å²) in [6.45, 7) is 1.81. The Kier molecular flexibility index (Phi) is 5.56. The highest BCUT2D eigenvalue weighted by atomic mass is 16.7. The minimum Gasteiger partial charge on any atom is -0.493 e. The second kappa shape index (κ2) is 7.90. The van der Waals surface area contributed by atoms with Gasteiger partial charge in [0.05, 0.1) is 27.9 Å². The summed E-state index contributed by atoms with van der Waals surface area (Å²) in [4.78, 5) is 26.1. The summed E-state index contributed by atoms with van der Waals surface area (Å²) in [5.41, 5.74) is -0.820. The van der Waals surface area contributed by atoms with Crippen molar-refractivity contribution in [2.24, 2.45) is 0 Å². The van der Waals surface area contributed by atoms with E-state index in [1.165, 1.54) is 33.5 Å². The number of carbonyl (C=O) groups is 2. The minimum atomic E-state index is -1.73. The van der Waals surface area contributed by atoms with Gasteiger partial charge < -0.3 is 23.7 Å². The van der Waals surface area contributed by atoms with Gasteiger partial charge in [-0.1, -0.05) is 30.3 Å². The molecule has 2 aromatic rings. The average molecular weight is 386 g/mol. The topological polar surface area (TPSA) is 83.6 Å². The Morgan fingerprint density at radius 3 is 2.11 bits per heavy atom. The van der Waals surface area contributed by atoms with Gasteiger partial charge in [0.25, 0.3) is 5.60 Å². The number of benzene rings is 2. The van der Waals surface area contributed by atoms with Gasteiger partial charge in [0, 0.05) is 5.56 Å². The van der Waals surface area contributed by atoms with Crippen molar-refractivity contribution < 1.29 is 33.3 Å². The molecule has 0 aliphatic carbocycles. The maximum atomic E-state index is 13.4. The Morgan fingerprint density at radius 1 is 1.00 bits per heavy atom. The highest BCUT2D eigenvalue weighted by Gasteiger charge is 2.70. The standard InChI is InChI=1S/C21H22O7/c1-5-27-20(23)21(19(28-21)13-9-7-6-8-10-13)18(22)14-11-15(24-2)17(26-4)16(12-14)25-3/h6-12,19H,5H2,1-4H3/t19-,21-/m0/s1. The van der Waals surface area contributed by atoms with Gasteiger partial charge in [-0.2, -0.15) is 0 Å². The first-order chi connectivity index (χ1) is 13.5. The quantitative estimate of drug-likeness (QED) is 0.298. The van der Waals surface area contributed by atoms with Crippen LogP contribution in [0.3, 0.4) is 0 Å². The number of epoxide rings is 1. The minimum absolute atomic E-state index is 0.133. The molecule has 0 aromatic heterocycles. The number of rotatable bonds is 8. The molecule has 28 heavy (non-hydrogen) atoms. The fourth-order valence-electron chi connectivity index (χ4n) is 3.17. The highest BCUT2D eigenvalue weighted by Crippen LogP contribution is 2.53. The van der Waals surface area contributed by atoms with Gasteiger partial charge in [-0.15, -0.1) is 0 Å². The summed E-state index contributed by atoms with van der Waals surface area (Å²) in [5.74, 6) is -0.285. The van der Waals surface area contributed by atoms with Crippen molar-refractivity contribution in [3.63, 3.8) is 0 Å². The van der Waals surface area contributed by atoms with Gasteiger partial charge in [-0.3, -0.25) is 4.79 Å². The first kappa shape index (κ1) is 19.7. The van der Waals surface area contributed by atoms with Gasteiger partial charge in [-0.25, -0.2) is 4.79 Å². The molecule has 1 fully saturated rings. The molecule has 0 radical (unpaired) electrons. The number of esters is 1. The molecule has 1 saturated heterocycles. The number of hydrogen-bond donors (Lipinski definition) is 0. The molecule has 1 heterocycles. The smallest absolute Gasteiger partial charge is 0.349 e. The SMILES string of the molecule is CCOC(=O)[C@@]1(C(=O)c2cc(OC)c(OC)c(OC)c2)O[C@H]1c1ccccc1. The van der Waals surface area contributed by atoms with Gasteiger partial charge in [0.15, 0.2) is 11.5 Å². The van der Waals surface area contributed by atoms with Crippen LogP contribution in [0, 0.1) is 0 Å². The van der Waals surface area contributed by atoms with E-state index >= 15 is 0 Å². The fourth-order valence-corrected chi connectivity index (χ4v) is 3.17. The van der Waals surface area contributed by atoms with Gasteiger partial charge in [0.1, 0.15) is 6.10 Å². The monoisotopic (exact) mass is 386 g/mol. The molecule has 3 rings (SSSR count). The van der Waals surface area contributed by atoms with Crippen LogP contribution in [-0.2, 0) is 14.3 Å². The predicted molar refractivity (Wildman–Crippen MR) is 100 cm³/mol. The Morgan fingerprint density at radius 2 is 1.61 bits per heavy atom. The molecule has 7 nitrogen and oxygen atoms in total. The third kappa shape index (κ3) is 3.18. The van der Waals surface area contributed by atoms with E-state index in [9.17, 15) is 9.59 Å². The van der Waals surface area contributed by atoms with Crippen LogP contribution >= 0.6 is 0 Å². The average Bonchev–Trinajstić information content (AvgIpc) is 3.50. The van der Waals surface area contributed by atoms with Crippen LogP contribution in [0.4, 0.5) is 0 Å². The molecule has 2 atom stereocenters. The Labute approximate surface area is 163 Å². The summed E-state index contributed by atoms with van der Waals surface area (Å²) >= 11 is 0. The lowest BCUT2D eigenvalue weighted by Crippen LogP contribution is -2.37. The van der Waals surface area contributed by atoms with Crippen LogP contribution in [0.5, 0.6) is 17.2 Å². The third-order valence-corrected chi connectivity index (χ3v) is 4.56. The first-order valence-corrected chi connectivity index (χ1v) is 8.78. The predicted octanol–water partition coefficient (Wildman–Crippen LogP) is 2.97. The summed E-state index contributed by atoms with van der Waals surface area (Å²) in [5, 5.41) is 0. The maximum absolute atomic E-state index is 13.4. The molecule has 0 bridgehead atoms. The van der Waals surface area contributed by atoms with Crippen LogP contribution in [0.25, 0.3) is 0 Å². The van der Waals surface area contributed by atoms with E-state index in [0.717, 1.165) is 5.56 Å². The number of methoxy groups -OCH3 is 3. The summed E-state index contributed by atoms with van der Waals surface area (Å²) in [6.07, 6.45) is -0.723. The fraction of sp³-hybridized carbons (Fsp3) is 0.333.